The zero-order valence-corrected chi connectivity index (χ0v) is 20.2. The molecule has 9 nitrogen and oxygen atoms in total. The minimum Gasteiger partial charge on any atom is -0.379 e. The Morgan fingerprint density at radius 2 is 2.09 bits per heavy atom. The molecule has 3 atom stereocenters. The van der Waals surface area contributed by atoms with Gasteiger partial charge in [-0.25, -0.2) is 0 Å². The van der Waals surface area contributed by atoms with Gasteiger partial charge in [0.05, 0.1) is 25.2 Å². The zero-order valence-electron chi connectivity index (χ0n) is 18.6. The van der Waals surface area contributed by atoms with Gasteiger partial charge in [-0.15, -0.1) is 24.8 Å². The van der Waals surface area contributed by atoms with Crippen LogP contribution in [0.2, 0.25) is 0 Å². The van der Waals surface area contributed by atoms with Crippen LogP contribution in [0, 0.1) is 11.3 Å². The molecule has 2 aliphatic heterocycles. The van der Waals surface area contributed by atoms with Gasteiger partial charge in [0, 0.05) is 31.9 Å². The van der Waals surface area contributed by atoms with E-state index in [0.29, 0.717) is 29.4 Å². The van der Waals surface area contributed by atoms with Gasteiger partial charge in [0.1, 0.15) is 5.69 Å². The van der Waals surface area contributed by atoms with Crippen LogP contribution < -0.4 is 10.6 Å². The molecule has 0 unspecified atom stereocenters. The third kappa shape index (κ3) is 5.49. The van der Waals surface area contributed by atoms with Crippen LogP contribution >= 0.6 is 24.8 Å². The van der Waals surface area contributed by atoms with Crippen molar-refractivity contribution in [3.63, 3.8) is 0 Å². The maximum Gasteiger partial charge on any atom is 0.246 e. The monoisotopic (exact) mass is 498 g/mol. The second-order valence-corrected chi connectivity index (χ2v) is 8.80. The molecule has 3 aliphatic rings. The van der Waals surface area contributed by atoms with Crippen molar-refractivity contribution in [2.24, 2.45) is 11.3 Å². The van der Waals surface area contributed by atoms with Crippen LogP contribution in [-0.4, -0.2) is 71.4 Å². The van der Waals surface area contributed by atoms with Gasteiger partial charge in [0.2, 0.25) is 17.6 Å². The van der Waals surface area contributed by atoms with Crippen molar-refractivity contribution in [2.45, 2.75) is 38.3 Å². The first-order chi connectivity index (χ1) is 15.2. The number of piperidine rings is 1. The van der Waals surface area contributed by atoms with E-state index in [9.17, 15) is 4.79 Å². The Hall–Kier alpha value is -1.78. The molecule has 4 heterocycles. The Morgan fingerprint density at radius 1 is 1.24 bits per heavy atom. The molecule has 2 aromatic rings. The highest BCUT2D eigenvalue weighted by Crippen LogP contribution is 2.46. The van der Waals surface area contributed by atoms with Gasteiger partial charge in [-0.05, 0) is 50.3 Å². The number of nitrogens with one attached hydrogen (secondary N) is 2. The number of carbonyl (C=O) groups is 1. The Bertz CT molecular complexity index is 895. The van der Waals surface area contributed by atoms with E-state index in [-0.39, 0.29) is 42.7 Å². The van der Waals surface area contributed by atoms with Crippen LogP contribution in [0.5, 0.6) is 0 Å². The number of rotatable bonds is 5. The lowest BCUT2D eigenvalue weighted by molar-refractivity contribution is -0.140. The minimum absolute atomic E-state index is 0. The fourth-order valence-electron chi connectivity index (χ4n) is 5.43. The topological polar surface area (TPSA) is 105 Å². The summed E-state index contributed by atoms with van der Waals surface area (Å²) in [5.41, 5.74) is 0.297. The number of pyridine rings is 1. The number of carbonyl (C=O) groups excluding carboxylic acids is 1. The molecule has 0 bridgehead atoms. The molecule has 1 aliphatic carbocycles. The lowest BCUT2D eigenvalue weighted by Crippen LogP contribution is -2.60. The number of aromatic nitrogens is 3. The van der Waals surface area contributed by atoms with E-state index in [4.69, 9.17) is 9.26 Å². The molecule has 1 saturated carbocycles. The van der Waals surface area contributed by atoms with Gasteiger partial charge in [0.15, 0.2) is 0 Å². The van der Waals surface area contributed by atoms with Crippen LogP contribution in [-0.2, 0) is 16.1 Å². The average molecular weight is 499 g/mol. The number of morpholine rings is 1. The number of fused-ring (bicyclic) bond motifs is 1. The largest absolute Gasteiger partial charge is 0.379 e. The number of nitrogens with zero attached hydrogens (tertiary/aromatic N) is 4. The number of halogens is 2. The van der Waals surface area contributed by atoms with E-state index < -0.39 is 0 Å². The van der Waals surface area contributed by atoms with Gasteiger partial charge in [-0.3, -0.25) is 14.7 Å². The first-order valence-electron chi connectivity index (χ1n) is 11.3. The van der Waals surface area contributed by atoms with Crippen molar-refractivity contribution in [1.82, 2.24) is 30.7 Å². The van der Waals surface area contributed by atoms with E-state index in [1.807, 2.05) is 18.2 Å². The lowest BCUT2D eigenvalue weighted by Gasteiger charge is -2.50. The van der Waals surface area contributed by atoms with Crippen LogP contribution in [0.25, 0.3) is 11.5 Å². The van der Waals surface area contributed by atoms with Gasteiger partial charge < -0.3 is 19.9 Å². The van der Waals surface area contributed by atoms with Crippen LogP contribution in [0.1, 0.15) is 31.6 Å². The highest BCUT2D eigenvalue weighted by Gasteiger charge is 2.50. The third-order valence-corrected chi connectivity index (χ3v) is 7.15. The first kappa shape index (κ1) is 25.8. The Labute approximate surface area is 206 Å². The average Bonchev–Trinajstić information content (AvgIpc) is 3.32. The predicted molar refractivity (Wildman–Crippen MR) is 127 cm³/mol. The summed E-state index contributed by atoms with van der Waals surface area (Å²) in [7, 11) is 0. The van der Waals surface area contributed by atoms with E-state index in [2.05, 4.69) is 30.7 Å². The fourth-order valence-corrected chi connectivity index (χ4v) is 5.43. The molecule has 11 heteroatoms. The maximum absolute atomic E-state index is 13.4. The number of hydrogen-bond donors (Lipinski definition) is 2. The van der Waals surface area contributed by atoms with Crippen molar-refractivity contribution in [1.29, 1.82) is 0 Å². The standard InChI is InChI=1S/C22H30N6O3.2ClH/c29-21(25-14-19-26-20(27-31-19)18-3-1-2-7-24-18)22-6-4-17(28-9-11-30-12-10-28)13-16(22)5-8-23-15-22;;/h1-3,7,16-17,23H,4-6,8-15H2,(H,25,29);2*1H/t16-,17+,22-;;/m1../s1. The van der Waals surface area contributed by atoms with Gasteiger partial charge >= 0.3 is 0 Å². The Kier molecular flexibility index (Phi) is 9.06. The number of ether oxygens (including phenoxy) is 1. The molecule has 0 radical (unpaired) electrons. The van der Waals surface area contributed by atoms with Crippen LogP contribution in [0.4, 0.5) is 0 Å². The smallest absolute Gasteiger partial charge is 0.246 e. The van der Waals surface area contributed by atoms with Crippen molar-refractivity contribution in [3.8, 4) is 11.5 Å². The van der Waals surface area contributed by atoms with Gasteiger partial charge in [0.25, 0.3) is 0 Å². The van der Waals surface area contributed by atoms with Crippen molar-refractivity contribution < 1.29 is 14.1 Å². The SMILES string of the molecule is Cl.Cl.O=C(NCc1nc(-c2ccccn2)no1)[C@@]12CC[C@H](N3CCOCC3)C[C@H]1CCNC2. The molecule has 1 amide bonds. The molecule has 5 rings (SSSR count). The highest BCUT2D eigenvalue weighted by molar-refractivity contribution is 5.85. The summed E-state index contributed by atoms with van der Waals surface area (Å²) in [5, 5.41) is 10.5. The summed E-state index contributed by atoms with van der Waals surface area (Å²) in [6.45, 7) is 5.60. The van der Waals surface area contributed by atoms with Gasteiger partial charge in [-0.2, -0.15) is 4.98 Å². The number of amides is 1. The van der Waals surface area contributed by atoms with Crippen molar-refractivity contribution >= 4 is 30.7 Å². The normalized spacial score (nSPS) is 27.5. The summed E-state index contributed by atoms with van der Waals surface area (Å²) in [6.07, 6.45) is 5.77. The Morgan fingerprint density at radius 3 is 2.88 bits per heavy atom. The zero-order chi connectivity index (χ0) is 21.1. The fraction of sp³-hybridized carbons (Fsp3) is 0.636. The molecule has 2 N–H and O–H groups in total. The molecule has 2 aromatic heterocycles. The summed E-state index contributed by atoms with van der Waals surface area (Å²) in [5.74, 6) is 1.32. The van der Waals surface area contributed by atoms with Crippen LogP contribution in [0.3, 0.4) is 0 Å². The molecular formula is C22H32Cl2N6O3. The van der Waals surface area contributed by atoms with Crippen molar-refractivity contribution in [2.75, 3.05) is 39.4 Å². The quantitative estimate of drug-likeness (QED) is 0.645. The van der Waals surface area contributed by atoms with E-state index in [1.165, 1.54) is 0 Å². The molecule has 2 saturated heterocycles. The van der Waals surface area contributed by atoms with Crippen LogP contribution in [0.15, 0.2) is 28.9 Å². The highest BCUT2D eigenvalue weighted by atomic mass is 35.5. The molecule has 182 valence electrons. The maximum atomic E-state index is 13.4. The summed E-state index contributed by atoms with van der Waals surface area (Å²) in [4.78, 5) is 24.6. The summed E-state index contributed by atoms with van der Waals surface area (Å²) < 4.78 is 10.9. The van der Waals surface area contributed by atoms with E-state index in [0.717, 1.165) is 65.1 Å². The first-order valence-corrected chi connectivity index (χ1v) is 11.3. The molecular weight excluding hydrogens is 467 g/mol. The predicted octanol–water partition coefficient (Wildman–Crippen LogP) is 2.07. The third-order valence-electron chi connectivity index (χ3n) is 7.15. The van der Waals surface area contributed by atoms with E-state index in [1.54, 1.807) is 6.20 Å². The number of hydrogen-bond acceptors (Lipinski definition) is 8. The lowest BCUT2D eigenvalue weighted by atomic mass is 9.61. The molecule has 33 heavy (non-hydrogen) atoms. The molecule has 3 fully saturated rings. The molecule has 0 aromatic carbocycles. The van der Waals surface area contributed by atoms with E-state index >= 15 is 0 Å². The second kappa shape index (κ2) is 11.6. The summed E-state index contributed by atoms with van der Waals surface area (Å²) in [6, 6.07) is 6.11. The second-order valence-electron chi connectivity index (χ2n) is 8.80. The van der Waals surface area contributed by atoms with Crippen molar-refractivity contribution in [3.05, 3.63) is 30.3 Å². The van der Waals surface area contributed by atoms with Gasteiger partial charge in [-0.1, -0.05) is 11.2 Å². The Balaban J connectivity index is 0.00000153. The minimum atomic E-state index is -0.356. The molecule has 0 spiro atoms. The summed E-state index contributed by atoms with van der Waals surface area (Å²) >= 11 is 0.